The minimum atomic E-state index is -3.78. The van der Waals surface area contributed by atoms with Crippen molar-refractivity contribution >= 4 is 33.2 Å². The summed E-state index contributed by atoms with van der Waals surface area (Å²) in [6.07, 6.45) is 1.37. The summed E-state index contributed by atoms with van der Waals surface area (Å²) in [5.41, 5.74) is 0.261. The van der Waals surface area contributed by atoms with Gasteiger partial charge in [-0.1, -0.05) is 11.6 Å². The second-order valence-electron chi connectivity index (χ2n) is 4.87. The van der Waals surface area contributed by atoms with Crippen LogP contribution in [0.15, 0.2) is 17.0 Å². The Bertz CT molecular complexity index is 624. The lowest BCUT2D eigenvalue weighted by atomic mass is 10.1. The van der Waals surface area contributed by atoms with Crippen LogP contribution in [0.3, 0.4) is 0 Å². The van der Waals surface area contributed by atoms with E-state index >= 15 is 0 Å². The van der Waals surface area contributed by atoms with E-state index in [0.29, 0.717) is 13.0 Å². The Morgan fingerprint density at radius 2 is 2.19 bits per heavy atom. The Morgan fingerprint density at radius 1 is 1.48 bits per heavy atom. The highest BCUT2D eigenvalue weighted by molar-refractivity contribution is 7.89. The van der Waals surface area contributed by atoms with Crippen molar-refractivity contribution in [3.63, 3.8) is 0 Å². The van der Waals surface area contributed by atoms with E-state index < -0.39 is 15.8 Å². The number of sulfonamides is 1. The van der Waals surface area contributed by atoms with Gasteiger partial charge in [-0.25, -0.2) is 12.8 Å². The first-order chi connectivity index (χ1) is 9.90. The lowest BCUT2D eigenvalue weighted by Gasteiger charge is -2.31. The van der Waals surface area contributed by atoms with Crippen molar-refractivity contribution in [3.8, 4) is 0 Å². The fourth-order valence-corrected chi connectivity index (χ4v) is 4.36. The van der Waals surface area contributed by atoms with E-state index in [1.165, 1.54) is 10.4 Å². The molecule has 8 heteroatoms. The number of benzene rings is 1. The number of hydrogen-bond donors (Lipinski definition) is 0. The van der Waals surface area contributed by atoms with Crippen LogP contribution in [0, 0.1) is 5.82 Å². The third kappa shape index (κ3) is 3.51. The number of halogens is 3. The lowest BCUT2D eigenvalue weighted by molar-refractivity contribution is 0.0572. The normalized spacial score (nSPS) is 20.7. The van der Waals surface area contributed by atoms with Crippen molar-refractivity contribution in [3.05, 3.63) is 28.5 Å². The maximum atomic E-state index is 13.8. The summed E-state index contributed by atoms with van der Waals surface area (Å²) in [5.74, 6) is -0.839. The monoisotopic (exact) mass is 355 g/mol. The van der Waals surface area contributed by atoms with Gasteiger partial charge in [0.25, 0.3) is 0 Å². The number of hydrogen-bond acceptors (Lipinski definition) is 3. The van der Waals surface area contributed by atoms with E-state index in [1.54, 1.807) is 7.11 Å². The Kier molecular flexibility index (Phi) is 5.48. The highest BCUT2D eigenvalue weighted by Crippen LogP contribution is 2.28. The molecule has 4 nitrogen and oxygen atoms in total. The molecule has 1 aliphatic rings. The highest BCUT2D eigenvalue weighted by atomic mass is 35.5. The van der Waals surface area contributed by atoms with Crippen LogP contribution in [-0.2, 0) is 20.6 Å². The minimum absolute atomic E-state index is 0.0557. The van der Waals surface area contributed by atoms with Gasteiger partial charge in [-0.3, -0.25) is 0 Å². The third-order valence-corrected chi connectivity index (χ3v) is 6.09. The van der Waals surface area contributed by atoms with E-state index in [-0.39, 0.29) is 34.0 Å². The zero-order valence-corrected chi connectivity index (χ0v) is 13.8. The first kappa shape index (κ1) is 17.0. The molecule has 0 aromatic heterocycles. The minimum Gasteiger partial charge on any atom is -0.380 e. The molecule has 1 aromatic carbocycles. The zero-order chi connectivity index (χ0) is 15.6. The number of methoxy groups -OCH3 is 1. The average molecular weight is 356 g/mol. The molecule has 0 aliphatic carbocycles. The predicted molar refractivity (Wildman–Crippen MR) is 79.8 cm³/mol. The molecule has 2 rings (SSSR count). The van der Waals surface area contributed by atoms with Crippen molar-refractivity contribution in [1.82, 2.24) is 4.31 Å². The molecule has 1 fully saturated rings. The number of ether oxygens (including phenoxy) is 1. The lowest BCUT2D eigenvalue weighted by Crippen LogP contribution is -2.42. The van der Waals surface area contributed by atoms with Gasteiger partial charge in [0.15, 0.2) is 0 Å². The van der Waals surface area contributed by atoms with Crippen molar-refractivity contribution in [1.29, 1.82) is 0 Å². The maximum absolute atomic E-state index is 13.8. The molecule has 118 valence electrons. The van der Waals surface area contributed by atoms with Crippen LogP contribution in [0.2, 0.25) is 5.02 Å². The molecular formula is C13H16Cl2FNO3S. The largest absolute Gasteiger partial charge is 0.380 e. The molecule has 1 atom stereocenters. The Balaban J connectivity index is 2.37. The van der Waals surface area contributed by atoms with Crippen molar-refractivity contribution in [2.75, 3.05) is 20.2 Å². The van der Waals surface area contributed by atoms with Crippen molar-refractivity contribution in [2.24, 2.45) is 0 Å². The standard InChI is InChI=1S/C13H16Cl2FNO3S/c1-20-10-3-2-4-17(8-10)21(18,19)11-5-9(7-14)13(15)12(16)6-11/h5-6,10H,2-4,7-8H2,1H3. The maximum Gasteiger partial charge on any atom is 0.243 e. The number of rotatable bonds is 4. The van der Waals surface area contributed by atoms with Gasteiger partial charge in [-0.05, 0) is 30.5 Å². The van der Waals surface area contributed by atoms with Crippen LogP contribution < -0.4 is 0 Å². The fraction of sp³-hybridized carbons (Fsp3) is 0.538. The molecule has 0 N–H and O–H groups in total. The summed E-state index contributed by atoms with van der Waals surface area (Å²) in [4.78, 5) is -0.128. The molecule has 1 heterocycles. The molecule has 0 spiro atoms. The summed E-state index contributed by atoms with van der Waals surface area (Å²) in [5, 5.41) is -0.141. The molecule has 0 bridgehead atoms. The second-order valence-corrected chi connectivity index (χ2v) is 7.46. The van der Waals surface area contributed by atoms with Gasteiger partial charge in [0.1, 0.15) is 5.82 Å². The average Bonchev–Trinajstić information content (AvgIpc) is 2.49. The third-order valence-electron chi connectivity index (χ3n) is 3.53. The second kappa shape index (κ2) is 6.79. The summed E-state index contributed by atoms with van der Waals surface area (Å²) in [6.45, 7) is 0.655. The van der Waals surface area contributed by atoms with Crippen molar-refractivity contribution in [2.45, 2.75) is 29.7 Å². The van der Waals surface area contributed by atoms with Crippen LogP contribution >= 0.6 is 23.2 Å². The van der Waals surface area contributed by atoms with Gasteiger partial charge in [-0.2, -0.15) is 4.31 Å². The van der Waals surface area contributed by atoms with Gasteiger partial charge in [0, 0.05) is 26.1 Å². The first-order valence-electron chi connectivity index (χ1n) is 6.47. The summed E-state index contributed by atoms with van der Waals surface area (Å²) in [6, 6.07) is 2.26. The van der Waals surface area contributed by atoms with Crippen LogP contribution in [0.5, 0.6) is 0 Å². The topological polar surface area (TPSA) is 46.6 Å². The molecule has 1 unspecified atom stereocenters. The van der Waals surface area contributed by atoms with Crippen LogP contribution in [-0.4, -0.2) is 39.0 Å². The molecular weight excluding hydrogens is 340 g/mol. The van der Waals surface area contributed by atoms with E-state index in [9.17, 15) is 12.8 Å². The van der Waals surface area contributed by atoms with E-state index in [1.807, 2.05) is 0 Å². The molecule has 21 heavy (non-hydrogen) atoms. The highest BCUT2D eigenvalue weighted by Gasteiger charge is 2.31. The SMILES string of the molecule is COC1CCCN(S(=O)(=O)c2cc(F)c(Cl)c(CCl)c2)C1. The van der Waals surface area contributed by atoms with Crippen LogP contribution in [0.25, 0.3) is 0 Å². The van der Waals surface area contributed by atoms with Gasteiger partial charge >= 0.3 is 0 Å². The van der Waals surface area contributed by atoms with E-state index in [4.69, 9.17) is 27.9 Å². The van der Waals surface area contributed by atoms with Crippen LogP contribution in [0.4, 0.5) is 4.39 Å². The Morgan fingerprint density at radius 3 is 2.81 bits per heavy atom. The number of alkyl halides is 1. The number of nitrogens with zero attached hydrogens (tertiary/aromatic N) is 1. The fourth-order valence-electron chi connectivity index (χ4n) is 2.33. The summed E-state index contributed by atoms with van der Waals surface area (Å²) in [7, 11) is -2.23. The smallest absolute Gasteiger partial charge is 0.243 e. The zero-order valence-electron chi connectivity index (χ0n) is 11.5. The molecule has 0 amide bonds. The molecule has 1 aromatic rings. The van der Waals surface area contributed by atoms with Gasteiger partial charge in [-0.15, -0.1) is 11.6 Å². The Labute approximate surface area is 133 Å². The summed E-state index contributed by atoms with van der Waals surface area (Å²) < 4.78 is 45.5. The molecule has 0 saturated carbocycles. The van der Waals surface area contributed by atoms with Gasteiger partial charge < -0.3 is 4.74 Å². The Hall–Kier alpha value is -0.400. The number of piperidine rings is 1. The van der Waals surface area contributed by atoms with E-state index in [0.717, 1.165) is 12.5 Å². The molecule has 0 radical (unpaired) electrons. The van der Waals surface area contributed by atoms with Crippen LogP contribution in [0.1, 0.15) is 18.4 Å². The predicted octanol–water partition coefficient (Wildman–Crippen LogP) is 3.02. The molecule has 1 saturated heterocycles. The van der Waals surface area contributed by atoms with E-state index in [2.05, 4.69) is 0 Å². The first-order valence-corrected chi connectivity index (χ1v) is 8.82. The van der Waals surface area contributed by atoms with Gasteiger partial charge in [0.2, 0.25) is 10.0 Å². The molecule has 1 aliphatic heterocycles. The summed E-state index contributed by atoms with van der Waals surface area (Å²) >= 11 is 11.4. The van der Waals surface area contributed by atoms with Gasteiger partial charge in [0.05, 0.1) is 16.0 Å². The van der Waals surface area contributed by atoms with Crippen molar-refractivity contribution < 1.29 is 17.5 Å². The quantitative estimate of drug-likeness (QED) is 0.780.